The lowest BCUT2D eigenvalue weighted by Gasteiger charge is -2.26. The number of thiazole rings is 1. The lowest BCUT2D eigenvalue weighted by molar-refractivity contribution is -0.139. The third-order valence-electron chi connectivity index (χ3n) is 7.09. The molecule has 1 atom stereocenters. The standard InChI is InChI=1S/C32H35N3O4S/c1-8-38-31(37)28-20(6)33-32-35(29(28)23-14-10-12-16-26(23)39-19(4)5)30(36)27(40-32)17-24-21(7)34(18(2)3)25-15-11-9-13-22(24)25/h9-19,29H,8H2,1-7H3/b27-17-/t29-/m0/s1. The van der Waals surface area contributed by atoms with Crippen LogP contribution in [0, 0.1) is 6.92 Å². The third-order valence-corrected chi connectivity index (χ3v) is 8.07. The van der Waals surface area contributed by atoms with Gasteiger partial charge in [0.25, 0.3) is 5.56 Å². The molecule has 0 bridgehead atoms. The van der Waals surface area contributed by atoms with Crippen molar-refractivity contribution in [1.29, 1.82) is 0 Å². The first-order valence-electron chi connectivity index (χ1n) is 13.7. The summed E-state index contributed by atoms with van der Waals surface area (Å²) in [6, 6.07) is 15.3. The summed E-state index contributed by atoms with van der Waals surface area (Å²) in [6.45, 7) is 14.1. The van der Waals surface area contributed by atoms with Crippen LogP contribution in [0.15, 0.2) is 69.6 Å². The molecular formula is C32H35N3O4S. The second-order valence-electron chi connectivity index (χ2n) is 10.5. The van der Waals surface area contributed by atoms with Gasteiger partial charge in [-0.25, -0.2) is 9.79 Å². The summed E-state index contributed by atoms with van der Waals surface area (Å²) in [6.07, 6.45) is 1.88. The number of benzene rings is 2. The molecule has 0 spiro atoms. The van der Waals surface area contributed by atoms with Gasteiger partial charge in [-0.05, 0) is 66.7 Å². The van der Waals surface area contributed by atoms with Gasteiger partial charge in [0, 0.05) is 33.8 Å². The SMILES string of the molecule is CCOC(=O)C1=C(C)N=c2s/c(=C\c3c(C)n(C(C)C)c4ccccc34)c(=O)n2[C@H]1c1ccccc1OC(C)C. The fourth-order valence-electron chi connectivity index (χ4n) is 5.55. The summed E-state index contributed by atoms with van der Waals surface area (Å²) in [5.74, 6) is 0.127. The number of allylic oxidation sites excluding steroid dienone is 1. The summed E-state index contributed by atoms with van der Waals surface area (Å²) < 4.78 is 16.1. The van der Waals surface area contributed by atoms with Gasteiger partial charge in [0.05, 0.1) is 28.5 Å². The smallest absolute Gasteiger partial charge is 0.338 e. The van der Waals surface area contributed by atoms with Gasteiger partial charge in [0.15, 0.2) is 4.80 Å². The van der Waals surface area contributed by atoms with Crippen LogP contribution in [0.25, 0.3) is 17.0 Å². The highest BCUT2D eigenvalue weighted by molar-refractivity contribution is 7.07. The zero-order valence-corrected chi connectivity index (χ0v) is 24.8. The van der Waals surface area contributed by atoms with Crippen LogP contribution in [0.5, 0.6) is 5.75 Å². The van der Waals surface area contributed by atoms with Crippen LogP contribution in [0.3, 0.4) is 0 Å². The first-order chi connectivity index (χ1) is 19.1. The Bertz CT molecular complexity index is 1820. The molecule has 0 N–H and O–H groups in total. The van der Waals surface area contributed by atoms with E-state index in [1.54, 1.807) is 18.4 Å². The number of hydrogen-bond acceptors (Lipinski definition) is 6. The number of fused-ring (bicyclic) bond motifs is 2. The highest BCUT2D eigenvalue weighted by Gasteiger charge is 2.35. The molecule has 0 saturated carbocycles. The lowest BCUT2D eigenvalue weighted by Crippen LogP contribution is -2.40. The van der Waals surface area contributed by atoms with Gasteiger partial charge in [-0.1, -0.05) is 47.7 Å². The number of nitrogens with zero attached hydrogens (tertiary/aromatic N) is 3. The largest absolute Gasteiger partial charge is 0.491 e. The van der Waals surface area contributed by atoms with E-state index in [2.05, 4.69) is 37.5 Å². The molecule has 4 aromatic rings. The molecule has 5 rings (SSSR count). The number of carbonyl (C=O) groups is 1. The van der Waals surface area contributed by atoms with Crippen molar-refractivity contribution in [2.24, 2.45) is 4.99 Å². The molecule has 0 saturated heterocycles. The van der Waals surface area contributed by atoms with Gasteiger partial charge >= 0.3 is 5.97 Å². The van der Waals surface area contributed by atoms with Crippen LogP contribution in [-0.4, -0.2) is 27.8 Å². The Morgan fingerprint density at radius 1 is 1.07 bits per heavy atom. The fourth-order valence-corrected chi connectivity index (χ4v) is 6.58. The molecular weight excluding hydrogens is 522 g/mol. The lowest BCUT2D eigenvalue weighted by atomic mass is 9.95. The van der Waals surface area contributed by atoms with Crippen molar-refractivity contribution >= 4 is 34.3 Å². The van der Waals surface area contributed by atoms with Gasteiger partial charge in [0.1, 0.15) is 11.8 Å². The van der Waals surface area contributed by atoms with Crippen molar-refractivity contribution in [2.75, 3.05) is 6.61 Å². The van der Waals surface area contributed by atoms with E-state index in [9.17, 15) is 9.59 Å². The Labute approximate surface area is 237 Å². The zero-order valence-electron chi connectivity index (χ0n) is 24.0. The van der Waals surface area contributed by atoms with Crippen LogP contribution in [-0.2, 0) is 9.53 Å². The molecule has 0 radical (unpaired) electrons. The Kier molecular flexibility index (Phi) is 7.55. The van der Waals surface area contributed by atoms with E-state index in [0.29, 0.717) is 31.9 Å². The molecule has 40 heavy (non-hydrogen) atoms. The van der Waals surface area contributed by atoms with Crippen molar-refractivity contribution in [1.82, 2.24) is 9.13 Å². The minimum atomic E-state index is -0.731. The molecule has 2 aromatic carbocycles. The molecule has 208 valence electrons. The predicted molar refractivity (Wildman–Crippen MR) is 160 cm³/mol. The van der Waals surface area contributed by atoms with E-state index >= 15 is 0 Å². The highest BCUT2D eigenvalue weighted by atomic mass is 32.1. The summed E-state index contributed by atoms with van der Waals surface area (Å²) in [7, 11) is 0. The summed E-state index contributed by atoms with van der Waals surface area (Å²) >= 11 is 1.33. The molecule has 0 amide bonds. The van der Waals surface area contributed by atoms with Crippen molar-refractivity contribution in [3.63, 3.8) is 0 Å². The first-order valence-corrected chi connectivity index (χ1v) is 14.5. The maximum atomic E-state index is 14.2. The molecule has 1 aliphatic rings. The molecule has 0 aliphatic carbocycles. The van der Waals surface area contributed by atoms with E-state index in [1.807, 2.05) is 56.3 Å². The second kappa shape index (κ2) is 10.9. The summed E-state index contributed by atoms with van der Waals surface area (Å²) in [5, 5.41) is 1.09. The molecule has 8 heteroatoms. The van der Waals surface area contributed by atoms with Crippen LogP contribution in [0.4, 0.5) is 0 Å². The topological polar surface area (TPSA) is 74.8 Å². The monoisotopic (exact) mass is 557 g/mol. The maximum absolute atomic E-state index is 14.2. The van der Waals surface area contributed by atoms with Crippen LogP contribution >= 0.6 is 11.3 Å². The Balaban J connectivity index is 1.79. The van der Waals surface area contributed by atoms with Crippen LogP contribution in [0.2, 0.25) is 0 Å². The van der Waals surface area contributed by atoms with E-state index in [4.69, 9.17) is 14.5 Å². The number of carbonyl (C=O) groups excluding carboxylic acids is 1. The van der Waals surface area contributed by atoms with Gasteiger partial charge < -0.3 is 14.0 Å². The van der Waals surface area contributed by atoms with E-state index in [0.717, 1.165) is 22.2 Å². The van der Waals surface area contributed by atoms with Crippen LogP contribution in [0.1, 0.15) is 70.4 Å². The highest BCUT2D eigenvalue weighted by Crippen LogP contribution is 2.36. The van der Waals surface area contributed by atoms with Gasteiger partial charge in [0.2, 0.25) is 0 Å². The summed E-state index contributed by atoms with van der Waals surface area (Å²) in [5.41, 5.74) is 4.62. The van der Waals surface area contributed by atoms with E-state index < -0.39 is 12.0 Å². The maximum Gasteiger partial charge on any atom is 0.338 e. The van der Waals surface area contributed by atoms with Gasteiger partial charge in [-0.3, -0.25) is 9.36 Å². The van der Waals surface area contributed by atoms with Crippen molar-refractivity contribution < 1.29 is 14.3 Å². The van der Waals surface area contributed by atoms with Crippen molar-refractivity contribution in [3.8, 4) is 5.75 Å². The predicted octanol–water partition coefficient (Wildman–Crippen LogP) is 5.43. The Hall–Kier alpha value is -3.91. The number of para-hydroxylation sites is 2. The molecule has 2 aromatic heterocycles. The van der Waals surface area contributed by atoms with Crippen LogP contribution < -0.4 is 19.6 Å². The first kappa shape index (κ1) is 27.6. The zero-order chi connectivity index (χ0) is 28.7. The van der Waals surface area contributed by atoms with E-state index in [-0.39, 0.29) is 24.3 Å². The second-order valence-corrected chi connectivity index (χ2v) is 11.5. The number of esters is 1. The summed E-state index contributed by atoms with van der Waals surface area (Å²) in [4.78, 5) is 32.8. The normalized spacial score (nSPS) is 15.6. The van der Waals surface area contributed by atoms with Gasteiger partial charge in [-0.15, -0.1) is 0 Å². The van der Waals surface area contributed by atoms with Gasteiger partial charge in [-0.2, -0.15) is 0 Å². The molecule has 3 heterocycles. The quantitative estimate of drug-likeness (QED) is 0.284. The average Bonchev–Trinajstić information content (AvgIpc) is 3.36. The minimum Gasteiger partial charge on any atom is -0.491 e. The molecule has 0 unspecified atom stereocenters. The number of hydrogen-bond donors (Lipinski definition) is 0. The minimum absolute atomic E-state index is 0.0886. The Morgan fingerprint density at radius 2 is 1.77 bits per heavy atom. The number of rotatable bonds is 7. The molecule has 7 nitrogen and oxygen atoms in total. The number of ether oxygens (including phenoxy) is 2. The average molecular weight is 558 g/mol. The van der Waals surface area contributed by atoms with Crippen molar-refractivity contribution in [3.05, 3.63) is 96.3 Å². The fraction of sp³-hybridized carbons (Fsp3) is 0.344. The third kappa shape index (κ3) is 4.70. The molecule has 0 fully saturated rings. The van der Waals surface area contributed by atoms with E-state index in [1.165, 1.54) is 11.3 Å². The Morgan fingerprint density at radius 3 is 2.48 bits per heavy atom. The number of aromatic nitrogens is 2. The van der Waals surface area contributed by atoms with Crippen molar-refractivity contribution in [2.45, 2.75) is 66.7 Å². The molecule has 1 aliphatic heterocycles.